The van der Waals surface area contributed by atoms with Crippen molar-refractivity contribution in [2.45, 2.75) is 17.2 Å². The average Bonchev–Trinajstić information content (AvgIpc) is 2.54. The summed E-state index contributed by atoms with van der Waals surface area (Å²) in [5, 5.41) is 10.9. The van der Waals surface area contributed by atoms with Gasteiger partial charge in [0.25, 0.3) is 0 Å². The SMILES string of the molecule is CC(Sc1ncccc1C(=O)O)c1ccnc2ccccc12. The van der Waals surface area contributed by atoms with Gasteiger partial charge in [-0.2, -0.15) is 0 Å². The zero-order chi connectivity index (χ0) is 15.5. The molecule has 1 aromatic carbocycles. The fourth-order valence-electron chi connectivity index (χ4n) is 2.35. The summed E-state index contributed by atoms with van der Waals surface area (Å²) in [6.07, 6.45) is 3.40. The Labute approximate surface area is 132 Å². The number of para-hydroxylation sites is 1. The maximum Gasteiger partial charge on any atom is 0.338 e. The molecule has 0 radical (unpaired) electrons. The zero-order valence-corrected chi connectivity index (χ0v) is 12.7. The highest BCUT2D eigenvalue weighted by molar-refractivity contribution is 7.99. The van der Waals surface area contributed by atoms with Crippen LogP contribution in [0.25, 0.3) is 10.9 Å². The Morgan fingerprint density at radius 2 is 1.91 bits per heavy atom. The third-order valence-corrected chi connectivity index (χ3v) is 4.57. The highest BCUT2D eigenvalue weighted by Gasteiger charge is 2.17. The van der Waals surface area contributed by atoms with E-state index in [9.17, 15) is 9.90 Å². The molecule has 0 aliphatic heterocycles. The van der Waals surface area contributed by atoms with Crippen molar-refractivity contribution in [3.63, 3.8) is 0 Å². The Balaban J connectivity index is 1.98. The van der Waals surface area contributed by atoms with Crippen molar-refractivity contribution >= 4 is 28.6 Å². The number of pyridine rings is 2. The molecule has 3 aromatic rings. The lowest BCUT2D eigenvalue weighted by atomic mass is 10.1. The van der Waals surface area contributed by atoms with E-state index >= 15 is 0 Å². The molecule has 2 heterocycles. The fourth-order valence-corrected chi connectivity index (χ4v) is 3.42. The number of aromatic nitrogens is 2. The first-order valence-corrected chi connectivity index (χ1v) is 7.73. The van der Waals surface area contributed by atoms with Crippen LogP contribution in [0.1, 0.15) is 28.1 Å². The summed E-state index contributed by atoms with van der Waals surface area (Å²) in [4.78, 5) is 19.9. The molecule has 0 aliphatic rings. The van der Waals surface area contributed by atoms with Gasteiger partial charge in [0, 0.05) is 23.0 Å². The van der Waals surface area contributed by atoms with Crippen LogP contribution in [0.5, 0.6) is 0 Å². The second-order valence-corrected chi connectivity index (χ2v) is 6.17. The van der Waals surface area contributed by atoms with E-state index in [1.165, 1.54) is 11.8 Å². The Hall–Kier alpha value is -2.40. The molecule has 0 aliphatic carbocycles. The lowest BCUT2D eigenvalue weighted by Gasteiger charge is -2.14. The van der Waals surface area contributed by atoms with Gasteiger partial charge in [-0.05, 0) is 36.8 Å². The van der Waals surface area contributed by atoms with Gasteiger partial charge in [0.1, 0.15) is 5.03 Å². The lowest BCUT2D eigenvalue weighted by Crippen LogP contribution is -2.01. The number of hydrogen-bond acceptors (Lipinski definition) is 4. The van der Waals surface area contributed by atoms with Crippen LogP contribution in [0, 0.1) is 0 Å². The first-order chi connectivity index (χ1) is 10.7. The van der Waals surface area contributed by atoms with Crippen LogP contribution < -0.4 is 0 Å². The summed E-state index contributed by atoms with van der Waals surface area (Å²) in [6.45, 7) is 2.05. The van der Waals surface area contributed by atoms with Crippen molar-refractivity contribution < 1.29 is 9.90 Å². The summed E-state index contributed by atoms with van der Waals surface area (Å²) < 4.78 is 0. The third-order valence-electron chi connectivity index (χ3n) is 3.41. The minimum atomic E-state index is -0.956. The van der Waals surface area contributed by atoms with E-state index in [1.54, 1.807) is 24.5 Å². The van der Waals surface area contributed by atoms with Crippen LogP contribution in [-0.4, -0.2) is 21.0 Å². The normalized spacial score (nSPS) is 12.2. The molecule has 1 unspecified atom stereocenters. The van der Waals surface area contributed by atoms with E-state index < -0.39 is 5.97 Å². The highest BCUT2D eigenvalue weighted by Crippen LogP contribution is 2.37. The minimum Gasteiger partial charge on any atom is -0.478 e. The van der Waals surface area contributed by atoms with Crippen LogP contribution in [0.15, 0.2) is 59.9 Å². The highest BCUT2D eigenvalue weighted by atomic mass is 32.2. The largest absolute Gasteiger partial charge is 0.478 e. The van der Waals surface area contributed by atoms with Gasteiger partial charge in [0.15, 0.2) is 0 Å². The lowest BCUT2D eigenvalue weighted by molar-refractivity contribution is 0.0692. The molecular weight excluding hydrogens is 296 g/mol. The molecule has 0 saturated carbocycles. The van der Waals surface area contributed by atoms with Crippen molar-refractivity contribution in [1.82, 2.24) is 9.97 Å². The van der Waals surface area contributed by atoms with Gasteiger partial charge in [-0.25, -0.2) is 9.78 Å². The number of fused-ring (bicyclic) bond motifs is 1. The monoisotopic (exact) mass is 310 g/mol. The van der Waals surface area contributed by atoms with Gasteiger partial charge in [0.2, 0.25) is 0 Å². The molecule has 0 amide bonds. The Morgan fingerprint density at radius 1 is 1.09 bits per heavy atom. The number of aromatic carboxylic acids is 1. The molecule has 0 spiro atoms. The van der Waals surface area contributed by atoms with E-state index in [0.29, 0.717) is 5.03 Å². The molecule has 110 valence electrons. The Bertz CT molecular complexity index is 830. The number of thioether (sulfide) groups is 1. The molecule has 1 atom stereocenters. The molecule has 2 aromatic heterocycles. The van der Waals surface area contributed by atoms with Crippen LogP contribution >= 0.6 is 11.8 Å². The first-order valence-electron chi connectivity index (χ1n) is 6.85. The van der Waals surface area contributed by atoms with Crippen molar-refractivity contribution in [3.05, 3.63) is 66.0 Å². The van der Waals surface area contributed by atoms with E-state index in [4.69, 9.17) is 0 Å². The van der Waals surface area contributed by atoms with Gasteiger partial charge in [-0.15, -0.1) is 0 Å². The number of carboxylic acids is 1. The molecule has 0 saturated heterocycles. The van der Waals surface area contributed by atoms with Gasteiger partial charge in [0.05, 0.1) is 11.1 Å². The number of carbonyl (C=O) groups is 1. The van der Waals surface area contributed by atoms with E-state index in [0.717, 1.165) is 16.5 Å². The summed E-state index contributed by atoms with van der Waals surface area (Å²) in [5.74, 6) is -0.956. The predicted octanol–water partition coefficient (Wildman–Crippen LogP) is 4.18. The van der Waals surface area contributed by atoms with Crippen molar-refractivity contribution in [3.8, 4) is 0 Å². The van der Waals surface area contributed by atoms with Crippen LogP contribution in [0.4, 0.5) is 0 Å². The molecule has 1 N–H and O–H groups in total. The number of hydrogen-bond donors (Lipinski definition) is 1. The molecule has 0 bridgehead atoms. The van der Waals surface area contributed by atoms with Crippen LogP contribution in [-0.2, 0) is 0 Å². The maximum absolute atomic E-state index is 11.3. The van der Waals surface area contributed by atoms with Gasteiger partial charge >= 0.3 is 5.97 Å². The molecule has 3 rings (SSSR count). The fraction of sp³-hybridized carbons (Fsp3) is 0.118. The minimum absolute atomic E-state index is 0.0703. The summed E-state index contributed by atoms with van der Waals surface area (Å²) >= 11 is 1.45. The van der Waals surface area contributed by atoms with Crippen molar-refractivity contribution in [1.29, 1.82) is 0 Å². The van der Waals surface area contributed by atoms with E-state index in [1.807, 2.05) is 37.3 Å². The third kappa shape index (κ3) is 2.80. The number of rotatable bonds is 4. The van der Waals surface area contributed by atoms with Gasteiger partial charge in [-0.1, -0.05) is 30.0 Å². The van der Waals surface area contributed by atoms with E-state index in [-0.39, 0.29) is 10.8 Å². The molecule has 5 heteroatoms. The quantitative estimate of drug-likeness (QED) is 0.732. The van der Waals surface area contributed by atoms with E-state index in [2.05, 4.69) is 9.97 Å². The number of carboxylic acid groups (broad SMARTS) is 1. The summed E-state index contributed by atoms with van der Waals surface area (Å²) in [7, 11) is 0. The molecule has 22 heavy (non-hydrogen) atoms. The predicted molar refractivity (Wildman–Crippen MR) is 87.2 cm³/mol. The summed E-state index contributed by atoms with van der Waals surface area (Å²) in [5.41, 5.74) is 2.29. The molecule has 0 fully saturated rings. The smallest absolute Gasteiger partial charge is 0.338 e. The summed E-state index contributed by atoms with van der Waals surface area (Å²) in [6, 6.07) is 13.1. The second-order valence-electron chi connectivity index (χ2n) is 4.84. The Morgan fingerprint density at radius 3 is 2.73 bits per heavy atom. The first kappa shape index (κ1) is 14.5. The van der Waals surface area contributed by atoms with Gasteiger partial charge < -0.3 is 5.11 Å². The number of nitrogens with zero attached hydrogens (tertiary/aromatic N) is 2. The zero-order valence-electron chi connectivity index (χ0n) is 11.9. The van der Waals surface area contributed by atoms with Crippen molar-refractivity contribution in [2.75, 3.05) is 0 Å². The number of benzene rings is 1. The van der Waals surface area contributed by atoms with Crippen molar-refractivity contribution in [2.24, 2.45) is 0 Å². The Kier molecular flexibility index (Phi) is 4.06. The molecule has 4 nitrogen and oxygen atoms in total. The standard InChI is InChI=1S/C17H14N2O2S/c1-11(22-16-14(17(20)21)6-4-9-19-16)12-8-10-18-15-7-3-2-5-13(12)15/h2-11H,1H3,(H,20,21). The van der Waals surface area contributed by atoms with Gasteiger partial charge in [-0.3, -0.25) is 4.98 Å². The van der Waals surface area contributed by atoms with Crippen LogP contribution in [0.2, 0.25) is 0 Å². The maximum atomic E-state index is 11.3. The topological polar surface area (TPSA) is 63.1 Å². The molecular formula is C17H14N2O2S. The van der Waals surface area contributed by atoms with Crippen LogP contribution in [0.3, 0.4) is 0 Å². The average molecular weight is 310 g/mol. The second kappa shape index (κ2) is 6.15.